The molecule has 0 aromatic heterocycles. The molecule has 0 saturated carbocycles. The zero-order chi connectivity index (χ0) is 33.3. The highest BCUT2D eigenvalue weighted by atomic mass is 28.4. The number of esters is 3. The van der Waals surface area contributed by atoms with Crippen LogP contribution in [-0.2, 0) is 28.1 Å². The van der Waals surface area contributed by atoms with Gasteiger partial charge in [0.05, 0.1) is 29.9 Å². The Bertz CT molecular complexity index is 1460. The van der Waals surface area contributed by atoms with Gasteiger partial charge in [0, 0.05) is 0 Å². The molecule has 0 radical (unpaired) electrons. The average molecular weight is 647 g/mol. The molecular weight excluding hydrogens is 604 g/mol. The van der Waals surface area contributed by atoms with E-state index >= 15 is 0 Å². The Morgan fingerprint density at radius 3 is 1.54 bits per heavy atom. The van der Waals surface area contributed by atoms with E-state index in [4.69, 9.17) is 28.1 Å². The third-order valence-electron chi connectivity index (χ3n) is 8.14. The molecule has 0 amide bonds. The van der Waals surface area contributed by atoms with Gasteiger partial charge >= 0.3 is 17.9 Å². The van der Waals surface area contributed by atoms with E-state index in [9.17, 15) is 14.4 Å². The summed E-state index contributed by atoms with van der Waals surface area (Å²) in [6, 6.07) is 25.2. The highest BCUT2D eigenvalue weighted by Gasteiger charge is 2.54. The van der Waals surface area contributed by atoms with Crippen LogP contribution < -0.4 is 0 Å². The fourth-order valence-electron chi connectivity index (χ4n) is 4.52. The molecule has 4 rings (SSSR count). The topological polar surface area (TPSA) is 107 Å². The van der Waals surface area contributed by atoms with Crippen LogP contribution in [-0.4, -0.2) is 70.1 Å². The summed E-state index contributed by atoms with van der Waals surface area (Å²) in [6.45, 7) is 14.2. The molecule has 1 saturated heterocycles. The second kappa shape index (κ2) is 15.5. The van der Waals surface area contributed by atoms with Crippen LogP contribution in [0.15, 0.2) is 104 Å². The van der Waals surface area contributed by atoms with Gasteiger partial charge in [-0.1, -0.05) is 81.4 Å². The quantitative estimate of drug-likeness (QED) is 0.0930. The van der Waals surface area contributed by atoms with Crippen LogP contribution in [0.5, 0.6) is 0 Å². The molecule has 5 atom stereocenters. The average Bonchev–Trinajstić information content (AvgIpc) is 3.05. The molecule has 10 heteroatoms. The van der Waals surface area contributed by atoms with Crippen molar-refractivity contribution < 1.29 is 42.5 Å². The first-order chi connectivity index (χ1) is 21.9. The van der Waals surface area contributed by atoms with Gasteiger partial charge < -0.3 is 28.1 Å². The van der Waals surface area contributed by atoms with Crippen LogP contribution in [0.1, 0.15) is 51.8 Å². The largest absolute Gasteiger partial charge is 0.452 e. The summed E-state index contributed by atoms with van der Waals surface area (Å²) < 4.78 is 37.1. The number of carbonyl (C=O) groups is 3. The van der Waals surface area contributed by atoms with E-state index in [0.29, 0.717) is 0 Å². The smallest absolute Gasteiger partial charge is 0.338 e. The van der Waals surface area contributed by atoms with Crippen molar-refractivity contribution in [3.63, 3.8) is 0 Å². The molecule has 1 heterocycles. The normalized spacial score (nSPS) is 21.5. The molecule has 0 N–H and O–H groups in total. The predicted octanol–water partition coefficient (Wildman–Crippen LogP) is 6.61. The molecule has 46 heavy (non-hydrogen) atoms. The van der Waals surface area contributed by atoms with Crippen molar-refractivity contribution in [2.75, 3.05) is 13.2 Å². The Kier molecular flexibility index (Phi) is 11.7. The minimum atomic E-state index is -2.33. The van der Waals surface area contributed by atoms with E-state index in [-0.39, 0.29) is 34.9 Å². The van der Waals surface area contributed by atoms with Crippen LogP contribution in [0.4, 0.5) is 0 Å². The van der Waals surface area contributed by atoms with Crippen molar-refractivity contribution in [3.8, 4) is 0 Å². The second-order valence-electron chi connectivity index (χ2n) is 12.4. The van der Waals surface area contributed by atoms with Crippen molar-refractivity contribution in [2.45, 2.75) is 69.6 Å². The summed E-state index contributed by atoms with van der Waals surface area (Å²) in [4.78, 5) is 40.5. The number of hydrogen-bond acceptors (Lipinski definition) is 9. The third-order valence-corrected chi connectivity index (χ3v) is 12.6. The number of ether oxygens (including phenoxy) is 5. The highest BCUT2D eigenvalue weighted by molar-refractivity contribution is 6.74. The van der Waals surface area contributed by atoms with Gasteiger partial charge in [0.25, 0.3) is 0 Å². The van der Waals surface area contributed by atoms with Crippen molar-refractivity contribution in [1.82, 2.24) is 0 Å². The number of hydrogen-bond donors (Lipinski definition) is 0. The molecule has 1 fully saturated rings. The molecule has 1 aliphatic heterocycles. The van der Waals surface area contributed by atoms with E-state index in [1.54, 1.807) is 91.0 Å². The van der Waals surface area contributed by atoms with Gasteiger partial charge in [-0.25, -0.2) is 14.4 Å². The molecule has 0 bridgehead atoms. The Morgan fingerprint density at radius 1 is 0.717 bits per heavy atom. The van der Waals surface area contributed by atoms with E-state index in [0.717, 1.165) is 0 Å². The summed E-state index contributed by atoms with van der Waals surface area (Å²) in [7, 11) is -2.33. The van der Waals surface area contributed by atoms with Gasteiger partial charge in [0.1, 0.15) is 6.10 Å². The molecule has 3 aromatic carbocycles. The SMILES string of the molecule is C=CCO[C@H]1O[C@H](CO[Si](C)(C)C(C)(C)C)[C@@H](OC(=O)c2ccccc2)[C@H](OC(=O)c2ccccc2)[C@@H]1OC(=O)c1ccccc1. The zero-order valence-electron chi connectivity index (χ0n) is 26.9. The molecule has 0 aliphatic carbocycles. The molecule has 244 valence electrons. The molecule has 0 unspecified atom stereocenters. The van der Waals surface area contributed by atoms with Crippen molar-refractivity contribution in [3.05, 3.63) is 120 Å². The first-order valence-electron chi connectivity index (χ1n) is 15.2. The lowest BCUT2D eigenvalue weighted by molar-refractivity contribution is -0.295. The minimum absolute atomic E-state index is 0.00405. The van der Waals surface area contributed by atoms with Crippen LogP contribution in [0.2, 0.25) is 18.1 Å². The first-order valence-corrected chi connectivity index (χ1v) is 18.1. The lowest BCUT2D eigenvalue weighted by atomic mass is 9.97. The van der Waals surface area contributed by atoms with Crippen LogP contribution >= 0.6 is 0 Å². The maximum absolute atomic E-state index is 13.6. The minimum Gasteiger partial charge on any atom is -0.452 e. The molecule has 3 aromatic rings. The van der Waals surface area contributed by atoms with Crippen molar-refractivity contribution in [2.24, 2.45) is 0 Å². The highest BCUT2D eigenvalue weighted by Crippen LogP contribution is 2.38. The number of rotatable bonds is 12. The van der Waals surface area contributed by atoms with Crippen LogP contribution in [0.25, 0.3) is 0 Å². The van der Waals surface area contributed by atoms with Gasteiger partial charge in [-0.2, -0.15) is 0 Å². The van der Waals surface area contributed by atoms with Gasteiger partial charge in [-0.3, -0.25) is 0 Å². The lowest BCUT2D eigenvalue weighted by Gasteiger charge is -2.45. The van der Waals surface area contributed by atoms with E-state index in [1.807, 2.05) is 0 Å². The first kappa shape index (κ1) is 34.8. The molecule has 1 aliphatic rings. The maximum Gasteiger partial charge on any atom is 0.338 e. The predicted molar refractivity (Wildman–Crippen MR) is 175 cm³/mol. The Labute approximate surface area is 271 Å². The van der Waals surface area contributed by atoms with Crippen LogP contribution in [0, 0.1) is 0 Å². The molecule has 9 nitrogen and oxygen atoms in total. The monoisotopic (exact) mass is 646 g/mol. The van der Waals surface area contributed by atoms with Gasteiger partial charge in [0.2, 0.25) is 0 Å². The summed E-state index contributed by atoms with van der Waals surface area (Å²) in [5, 5.41) is -0.135. The summed E-state index contributed by atoms with van der Waals surface area (Å²) in [6.07, 6.45) is -4.59. The fourth-order valence-corrected chi connectivity index (χ4v) is 5.53. The van der Waals surface area contributed by atoms with Gasteiger partial charge in [-0.15, -0.1) is 6.58 Å². The van der Waals surface area contributed by atoms with Gasteiger partial charge in [-0.05, 0) is 54.5 Å². The zero-order valence-corrected chi connectivity index (χ0v) is 27.9. The third kappa shape index (κ3) is 8.79. The lowest BCUT2D eigenvalue weighted by Crippen LogP contribution is -2.63. The number of carbonyl (C=O) groups excluding carboxylic acids is 3. The maximum atomic E-state index is 13.6. The fraction of sp³-hybridized carbons (Fsp3) is 0.361. The Balaban J connectivity index is 1.78. The van der Waals surface area contributed by atoms with Crippen molar-refractivity contribution >= 4 is 26.2 Å². The van der Waals surface area contributed by atoms with E-state index in [1.165, 1.54) is 6.08 Å². The summed E-state index contributed by atoms with van der Waals surface area (Å²) >= 11 is 0. The Morgan fingerprint density at radius 2 is 1.13 bits per heavy atom. The second-order valence-corrected chi connectivity index (χ2v) is 17.3. The Hall–Kier alpha value is -4.09. The number of benzene rings is 3. The van der Waals surface area contributed by atoms with E-state index < -0.39 is 56.9 Å². The van der Waals surface area contributed by atoms with Gasteiger partial charge in [0.15, 0.2) is 32.9 Å². The summed E-state index contributed by atoms with van der Waals surface area (Å²) in [5.74, 6) is -2.09. The molecular formula is C36H42O9Si. The van der Waals surface area contributed by atoms with E-state index in [2.05, 4.69) is 40.4 Å². The van der Waals surface area contributed by atoms with Crippen molar-refractivity contribution in [1.29, 1.82) is 0 Å². The summed E-state index contributed by atoms with van der Waals surface area (Å²) in [5.41, 5.74) is 0.801. The van der Waals surface area contributed by atoms with Crippen LogP contribution in [0.3, 0.4) is 0 Å². The standard InChI is InChI=1S/C36H42O9Si/c1-7-23-40-35-31(45-34(39)27-21-15-10-16-22-27)30(44-33(38)26-19-13-9-14-20-26)29(43-32(37)25-17-11-8-12-18-25)28(42-35)24-41-46(5,6)36(2,3)4/h7-22,28-31,35H,1,23-24H2,2-6H3/t28-,29-,30+,31+,35+/m1/s1. The molecule has 0 spiro atoms.